The summed E-state index contributed by atoms with van der Waals surface area (Å²) < 4.78 is 17.6. The van der Waals surface area contributed by atoms with Crippen LogP contribution in [0.5, 0.6) is 17.2 Å². The number of para-hydroxylation sites is 2. The molecule has 2 aliphatic heterocycles. The van der Waals surface area contributed by atoms with Gasteiger partial charge in [-0.3, -0.25) is 4.90 Å². The molecular formula is C22H25NO5. The number of hydrogen-bond donors (Lipinski definition) is 1. The van der Waals surface area contributed by atoms with Crippen LogP contribution in [0.2, 0.25) is 0 Å². The lowest BCUT2D eigenvalue weighted by molar-refractivity contribution is -0.151. The molecule has 4 rings (SSSR count). The van der Waals surface area contributed by atoms with E-state index in [0.29, 0.717) is 23.9 Å². The van der Waals surface area contributed by atoms with Crippen molar-refractivity contribution in [1.82, 2.24) is 4.90 Å². The summed E-state index contributed by atoms with van der Waals surface area (Å²) in [6.45, 7) is 3.78. The van der Waals surface area contributed by atoms with Crippen LogP contribution in [0.25, 0.3) is 0 Å². The number of aliphatic carboxylic acids is 1. The minimum Gasteiger partial charge on any atom is -0.492 e. The number of carboxylic acids is 1. The molecule has 0 amide bonds. The number of ether oxygens (including phenoxy) is 3. The molecule has 6 heteroatoms. The first-order chi connectivity index (χ1) is 13.7. The summed E-state index contributed by atoms with van der Waals surface area (Å²) in [4.78, 5) is 14.2. The Kier molecular flexibility index (Phi) is 5.67. The van der Waals surface area contributed by atoms with Gasteiger partial charge in [0, 0.05) is 12.1 Å². The van der Waals surface area contributed by atoms with Crippen molar-refractivity contribution in [2.24, 2.45) is 0 Å². The quantitative estimate of drug-likeness (QED) is 0.823. The largest absolute Gasteiger partial charge is 0.492 e. The van der Waals surface area contributed by atoms with Crippen LogP contribution in [0.4, 0.5) is 0 Å². The lowest BCUT2D eigenvalue weighted by Crippen LogP contribution is -2.39. The van der Waals surface area contributed by atoms with Gasteiger partial charge in [0.25, 0.3) is 0 Å². The van der Waals surface area contributed by atoms with Crippen molar-refractivity contribution in [3.05, 3.63) is 54.1 Å². The summed E-state index contributed by atoms with van der Waals surface area (Å²) in [6.07, 6.45) is 1.98. The molecule has 2 unspecified atom stereocenters. The Morgan fingerprint density at radius 1 is 1.04 bits per heavy atom. The molecule has 2 aromatic carbocycles. The molecule has 28 heavy (non-hydrogen) atoms. The summed E-state index contributed by atoms with van der Waals surface area (Å²) in [5.74, 6) is 0.638. The molecule has 0 radical (unpaired) electrons. The lowest BCUT2D eigenvalue weighted by atomic mass is 10.0. The van der Waals surface area contributed by atoms with Crippen molar-refractivity contribution in [2.75, 3.05) is 26.2 Å². The molecular weight excluding hydrogens is 358 g/mol. The van der Waals surface area contributed by atoms with Gasteiger partial charge in [0.2, 0.25) is 6.10 Å². The third-order valence-corrected chi connectivity index (χ3v) is 5.19. The number of fused-ring (bicyclic) bond motifs is 1. The van der Waals surface area contributed by atoms with E-state index < -0.39 is 18.2 Å². The molecule has 0 aromatic heterocycles. The van der Waals surface area contributed by atoms with Crippen LogP contribution in [-0.2, 0) is 4.79 Å². The molecule has 0 spiro atoms. The maximum Gasteiger partial charge on any atom is 0.349 e. The Hall–Kier alpha value is -2.73. The summed E-state index contributed by atoms with van der Waals surface area (Å²) >= 11 is 0. The van der Waals surface area contributed by atoms with Gasteiger partial charge < -0.3 is 19.3 Å². The van der Waals surface area contributed by atoms with Gasteiger partial charge in [-0.05, 0) is 50.2 Å². The summed E-state index contributed by atoms with van der Waals surface area (Å²) in [5, 5.41) is 9.61. The minimum atomic E-state index is -1.11. The Balaban J connectivity index is 1.45. The fourth-order valence-electron chi connectivity index (χ4n) is 3.72. The monoisotopic (exact) mass is 383 g/mol. The molecule has 2 aliphatic rings. The zero-order valence-corrected chi connectivity index (χ0v) is 15.8. The van der Waals surface area contributed by atoms with Crippen molar-refractivity contribution in [1.29, 1.82) is 0 Å². The zero-order valence-electron chi connectivity index (χ0n) is 15.8. The van der Waals surface area contributed by atoms with Crippen LogP contribution in [0.1, 0.15) is 30.9 Å². The van der Waals surface area contributed by atoms with Crippen LogP contribution in [0.15, 0.2) is 48.5 Å². The first kappa shape index (κ1) is 18.6. The number of carbonyl (C=O) groups is 1. The molecule has 2 atom stereocenters. The molecule has 0 aliphatic carbocycles. The highest BCUT2D eigenvalue weighted by molar-refractivity contribution is 5.75. The van der Waals surface area contributed by atoms with E-state index in [0.717, 1.165) is 25.2 Å². The van der Waals surface area contributed by atoms with Crippen molar-refractivity contribution >= 4 is 5.97 Å². The molecule has 1 N–H and O–H groups in total. The van der Waals surface area contributed by atoms with Gasteiger partial charge in [0.1, 0.15) is 12.4 Å². The van der Waals surface area contributed by atoms with Gasteiger partial charge in [-0.15, -0.1) is 0 Å². The second-order valence-corrected chi connectivity index (χ2v) is 7.19. The van der Waals surface area contributed by atoms with Crippen LogP contribution < -0.4 is 14.2 Å². The molecule has 2 heterocycles. The fourth-order valence-corrected chi connectivity index (χ4v) is 3.72. The van der Waals surface area contributed by atoms with Crippen LogP contribution >= 0.6 is 0 Å². The zero-order chi connectivity index (χ0) is 19.3. The second-order valence-electron chi connectivity index (χ2n) is 7.19. The van der Waals surface area contributed by atoms with Gasteiger partial charge in [0.05, 0.1) is 0 Å². The topological polar surface area (TPSA) is 68.2 Å². The highest BCUT2D eigenvalue weighted by Crippen LogP contribution is 2.39. The van der Waals surface area contributed by atoms with Gasteiger partial charge in [-0.25, -0.2) is 4.79 Å². The van der Waals surface area contributed by atoms with Gasteiger partial charge in [-0.1, -0.05) is 30.7 Å². The van der Waals surface area contributed by atoms with E-state index in [1.165, 1.54) is 19.3 Å². The van der Waals surface area contributed by atoms with Crippen molar-refractivity contribution in [2.45, 2.75) is 31.5 Å². The normalized spacial score (nSPS) is 21.9. The van der Waals surface area contributed by atoms with Crippen LogP contribution in [0, 0.1) is 0 Å². The maximum absolute atomic E-state index is 11.7. The van der Waals surface area contributed by atoms with Crippen molar-refractivity contribution in [3.8, 4) is 17.2 Å². The number of carboxylic acid groups (broad SMARTS) is 1. The van der Waals surface area contributed by atoms with E-state index in [2.05, 4.69) is 4.90 Å². The van der Waals surface area contributed by atoms with Crippen molar-refractivity contribution in [3.63, 3.8) is 0 Å². The van der Waals surface area contributed by atoms with E-state index >= 15 is 0 Å². The SMILES string of the molecule is O=C(O)C1Oc2ccccc2OC1c1cccc(OCCN2CCCCC2)c1. The Morgan fingerprint density at radius 2 is 1.79 bits per heavy atom. The maximum atomic E-state index is 11.7. The van der Waals surface area contributed by atoms with Crippen LogP contribution in [-0.4, -0.2) is 48.3 Å². The van der Waals surface area contributed by atoms with Crippen molar-refractivity contribution < 1.29 is 24.1 Å². The van der Waals surface area contributed by atoms with E-state index in [9.17, 15) is 9.90 Å². The average molecular weight is 383 g/mol. The van der Waals surface area contributed by atoms with Crippen LogP contribution in [0.3, 0.4) is 0 Å². The number of benzene rings is 2. The summed E-state index contributed by atoms with van der Waals surface area (Å²) in [6, 6.07) is 14.5. The molecule has 1 saturated heterocycles. The standard InChI is InChI=1S/C22H25NO5/c24-22(25)21-20(27-18-9-2-3-10-19(18)28-21)16-7-6-8-17(15-16)26-14-13-23-11-4-1-5-12-23/h2-3,6-10,15,20-21H,1,4-5,11-14H2,(H,24,25). The number of likely N-dealkylation sites (tertiary alicyclic amines) is 1. The molecule has 6 nitrogen and oxygen atoms in total. The van der Waals surface area contributed by atoms with E-state index in [-0.39, 0.29) is 0 Å². The number of hydrogen-bond acceptors (Lipinski definition) is 5. The fraction of sp³-hybridized carbons (Fsp3) is 0.409. The second kappa shape index (κ2) is 8.52. The van der Waals surface area contributed by atoms with Gasteiger partial charge in [-0.2, -0.15) is 0 Å². The lowest BCUT2D eigenvalue weighted by Gasteiger charge is -2.32. The summed E-state index contributed by atoms with van der Waals surface area (Å²) in [7, 11) is 0. The Labute approximate surface area is 164 Å². The van der Waals surface area contributed by atoms with Gasteiger partial charge >= 0.3 is 5.97 Å². The van der Waals surface area contributed by atoms with Gasteiger partial charge in [0.15, 0.2) is 17.6 Å². The summed E-state index contributed by atoms with van der Waals surface area (Å²) in [5.41, 5.74) is 0.720. The van der Waals surface area contributed by atoms with E-state index in [1.807, 2.05) is 30.3 Å². The third-order valence-electron chi connectivity index (χ3n) is 5.19. The Bertz CT molecular complexity index is 818. The third kappa shape index (κ3) is 4.22. The average Bonchev–Trinajstić information content (AvgIpc) is 2.74. The highest BCUT2D eigenvalue weighted by atomic mass is 16.6. The first-order valence-corrected chi connectivity index (χ1v) is 9.81. The van der Waals surface area contributed by atoms with E-state index in [4.69, 9.17) is 14.2 Å². The molecule has 148 valence electrons. The molecule has 1 fully saturated rings. The van der Waals surface area contributed by atoms with E-state index in [1.54, 1.807) is 18.2 Å². The molecule has 0 bridgehead atoms. The minimum absolute atomic E-state index is 0.445. The smallest absolute Gasteiger partial charge is 0.349 e. The first-order valence-electron chi connectivity index (χ1n) is 9.81. The predicted molar refractivity (Wildman–Crippen MR) is 104 cm³/mol. The Morgan fingerprint density at radius 3 is 2.54 bits per heavy atom. The molecule has 2 aromatic rings. The highest BCUT2D eigenvalue weighted by Gasteiger charge is 2.38. The number of piperidine rings is 1. The molecule has 0 saturated carbocycles. The number of rotatable bonds is 6. The number of nitrogens with zero attached hydrogens (tertiary/aromatic N) is 1. The predicted octanol–water partition coefficient (Wildman–Crippen LogP) is 3.52.